The minimum atomic E-state index is 0.332. The van der Waals surface area contributed by atoms with E-state index < -0.39 is 0 Å². The van der Waals surface area contributed by atoms with Crippen LogP contribution in [-0.2, 0) is 6.42 Å². The number of fused-ring (bicyclic) bond motifs is 1. The summed E-state index contributed by atoms with van der Waals surface area (Å²) in [6.07, 6.45) is 12.1. The van der Waals surface area contributed by atoms with E-state index in [-0.39, 0.29) is 0 Å². The molecule has 2 atom stereocenters. The molecule has 30 heavy (non-hydrogen) atoms. The van der Waals surface area contributed by atoms with Crippen LogP contribution in [0.15, 0.2) is 42.5 Å². The van der Waals surface area contributed by atoms with Gasteiger partial charge in [0.05, 0.1) is 14.2 Å². The first-order valence-electron chi connectivity index (χ1n) is 11.7. The number of aliphatic hydroxyl groups is 1. The molecule has 2 aromatic rings. The highest BCUT2D eigenvalue weighted by Crippen LogP contribution is 2.46. The summed E-state index contributed by atoms with van der Waals surface area (Å²) in [7, 11) is 3.48. The molecule has 1 aliphatic rings. The van der Waals surface area contributed by atoms with Crippen LogP contribution in [0.3, 0.4) is 0 Å². The number of hydrogen-bond donors (Lipinski definition) is 1. The third-order valence-electron chi connectivity index (χ3n) is 6.68. The molecule has 2 aromatic carbocycles. The van der Waals surface area contributed by atoms with Crippen molar-refractivity contribution in [3.8, 4) is 11.5 Å². The third-order valence-corrected chi connectivity index (χ3v) is 6.68. The predicted molar refractivity (Wildman–Crippen MR) is 124 cm³/mol. The summed E-state index contributed by atoms with van der Waals surface area (Å²) in [5.74, 6) is 3.04. The van der Waals surface area contributed by atoms with Gasteiger partial charge in [0.2, 0.25) is 0 Å². The highest BCUT2D eigenvalue weighted by Gasteiger charge is 2.30. The first kappa shape index (κ1) is 22.7. The summed E-state index contributed by atoms with van der Waals surface area (Å²) in [5.41, 5.74) is 4.42. The third kappa shape index (κ3) is 6.01. The molecule has 164 valence electrons. The van der Waals surface area contributed by atoms with Crippen molar-refractivity contribution in [3.05, 3.63) is 59.2 Å². The molecule has 1 N–H and O–H groups in total. The van der Waals surface area contributed by atoms with E-state index in [1.165, 1.54) is 61.6 Å². The Kier molecular flexibility index (Phi) is 9.07. The zero-order valence-corrected chi connectivity index (χ0v) is 18.7. The topological polar surface area (TPSA) is 38.7 Å². The van der Waals surface area contributed by atoms with Gasteiger partial charge in [-0.2, -0.15) is 0 Å². The standard InChI is InChI=1S/C27H38O3/c1-29-23-14-11-21(12-15-23)25-17-13-22-20-24(30-2)16-18-26(22)27(25)10-8-6-4-3-5-7-9-19-28/h11-12,14-16,18,20,25,27-28H,3-10,13,17,19H2,1-2H3. The van der Waals surface area contributed by atoms with Crippen molar-refractivity contribution in [1.29, 1.82) is 0 Å². The van der Waals surface area contributed by atoms with E-state index in [0.717, 1.165) is 30.8 Å². The van der Waals surface area contributed by atoms with Crippen LogP contribution in [0.4, 0.5) is 0 Å². The summed E-state index contributed by atoms with van der Waals surface area (Å²) < 4.78 is 10.8. The molecule has 0 amide bonds. The maximum absolute atomic E-state index is 8.90. The van der Waals surface area contributed by atoms with Crippen molar-refractivity contribution in [2.24, 2.45) is 0 Å². The number of benzene rings is 2. The number of methoxy groups -OCH3 is 2. The van der Waals surface area contributed by atoms with Crippen LogP contribution in [0.1, 0.15) is 86.3 Å². The molecule has 0 bridgehead atoms. The first-order valence-corrected chi connectivity index (χ1v) is 11.7. The Morgan fingerprint density at radius 3 is 2.10 bits per heavy atom. The van der Waals surface area contributed by atoms with Crippen LogP contribution >= 0.6 is 0 Å². The summed E-state index contributed by atoms with van der Waals surface area (Å²) in [4.78, 5) is 0. The molecule has 3 rings (SSSR count). The van der Waals surface area contributed by atoms with Crippen molar-refractivity contribution in [1.82, 2.24) is 0 Å². The number of ether oxygens (including phenoxy) is 2. The average molecular weight is 411 g/mol. The van der Waals surface area contributed by atoms with Gasteiger partial charge in [-0.15, -0.1) is 0 Å². The lowest BCUT2D eigenvalue weighted by Gasteiger charge is -2.34. The van der Waals surface area contributed by atoms with E-state index in [4.69, 9.17) is 14.6 Å². The maximum Gasteiger partial charge on any atom is 0.119 e. The lowest BCUT2D eigenvalue weighted by atomic mass is 9.70. The van der Waals surface area contributed by atoms with Gasteiger partial charge in [0.1, 0.15) is 11.5 Å². The minimum Gasteiger partial charge on any atom is -0.497 e. The maximum atomic E-state index is 8.90. The molecule has 0 aromatic heterocycles. The zero-order chi connectivity index (χ0) is 21.2. The van der Waals surface area contributed by atoms with Crippen LogP contribution in [0.2, 0.25) is 0 Å². The fourth-order valence-corrected chi connectivity index (χ4v) is 4.98. The van der Waals surface area contributed by atoms with Crippen molar-refractivity contribution >= 4 is 0 Å². The van der Waals surface area contributed by atoms with E-state index in [1.807, 2.05) is 0 Å². The SMILES string of the molecule is COc1ccc(C2CCc3cc(OC)ccc3C2CCCCCCCCCO)cc1. The summed E-state index contributed by atoms with van der Waals surface area (Å²) in [6.45, 7) is 0.332. The van der Waals surface area contributed by atoms with Crippen molar-refractivity contribution in [2.45, 2.75) is 76.0 Å². The lowest BCUT2D eigenvalue weighted by Crippen LogP contribution is -2.19. The van der Waals surface area contributed by atoms with Crippen molar-refractivity contribution in [3.63, 3.8) is 0 Å². The van der Waals surface area contributed by atoms with Crippen molar-refractivity contribution < 1.29 is 14.6 Å². The fraction of sp³-hybridized carbons (Fsp3) is 0.556. The van der Waals surface area contributed by atoms with Gasteiger partial charge in [-0.05, 0) is 78.5 Å². The van der Waals surface area contributed by atoms with E-state index in [2.05, 4.69) is 42.5 Å². The van der Waals surface area contributed by atoms with Gasteiger partial charge in [0, 0.05) is 6.61 Å². The van der Waals surface area contributed by atoms with Gasteiger partial charge < -0.3 is 14.6 Å². The van der Waals surface area contributed by atoms with Gasteiger partial charge in [-0.3, -0.25) is 0 Å². The van der Waals surface area contributed by atoms with Crippen LogP contribution in [0.5, 0.6) is 11.5 Å². The van der Waals surface area contributed by atoms with E-state index in [9.17, 15) is 0 Å². The van der Waals surface area contributed by atoms with Crippen LogP contribution in [0, 0.1) is 0 Å². The van der Waals surface area contributed by atoms with Gasteiger partial charge in [0.25, 0.3) is 0 Å². The van der Waals surface area contributed by atoms with Crippen LogP contribution in [-0.4, -0.2) is 25.9 Å². The van der Waals surface area contributed by atoms with Crippen molar-refractivity contribution in [2.75, 3.05) is 20.8 Å². The Bertz CT molecular complexity index is 753. The van der Waals surface area contributed by atoms with Gasteiger partial charge >= 0.3 is 0 Å². The van der Waals surface area contributed by atoms with Crippen LogP contribution < -0.4 is 9.47 Å². The second-order valence-electron chi connectivity index (χ2n) is 8.58. The van der Waals surface area contributed by atoms with E-state index in [1.54, 1.807) is 14.2 Å². The first-order chi connectivity index (χ1) is 14.8. The molecular weight excluding hydrogens is 372 g/mol. The molecule has 0 aliphatic heterocycles. The molecule has 3 heteroatoms. The fourth-order valence-electron chi connectivity index (χ4n) is 4.98. The Balaban J connectivity index is 1.67. The Morgan fingerprint density at radius 1 is 0.800 bits per heavy atom. The second-order valence-corrected chi connectivity index (χ2v) is 8.58. The zero-order valence-electron chi connectivity index (χ0n) is 18.7. The largest absolute Gasteiger partial charge is 0.497 e. The average Bonchev–Trinajstić information content (AvgIpc) is 2.80. The molecular formula is C27H38O3. The summed E-state index contributed by atoms with van der Waals surface area (Å²) in [5, 5.41) is 8.90. The summed E-state index contributed by atoms with van der Waals surface area (Å²) in [6, 6.07) is 15.4. The van der Waals surface area contributed by atoms with Gasteiger partial charge in [0.15, 0.2) is 0 Å². The smallest absolute Gasteiger partial charge is 0.119 e. The molecule has 1 aliphatic carbocycles. The Morgan fingerprint density at radius 2 is 1.43 bits per heavy atom. The predicted octanol–water partition coefficient (Wildman–Crippen LogP) is 6.63. The minimum absolute atomic E-state index is 0.332. The number of rotatable bonds is 12. The molecule has 3 nitrogen and oxygen atoms in total. The van der Waals surface area contributed by atoms with E-state index in [0.29, 0.717) is 18.4 Å². The molecule has 2 unspecified atom stereocenters. The highest BCUT2D eigenvalue weighted by atomic mass is 16.5. The van der Waals surface area contributed by atoms with Gasteiger partial charge in [-0.1, -0.05) is 56.7 Å². The second kappa shape index (κ2) is 12.0. The molecule has 0 radical (unpaired) electrons. The number of aryl methyl sites for hydroxylation is 1. The normalized spacial score (nSPS) is 18.1. The molecule has 0 saturated heterocycles. The van der Waals surface area contributed by atoms with E-state index >= 15 is 0 Å². The number of hydrogen-bond acceptors (Lipinski definition) is 3. The quantitative estimate of drug-likeness (QED) is 0.399. The highest BCUT2D eigenvalue weighted by molar-refractivity contribution is 5.43. The van der Waals surface area contributed by atoms with Gasteiger partial charge in [-0.25, -0.2) is 0 Å². The van der Waals surface area contributed by atoms with Crippen LogP contribution in [0.25, 0.3) is 0 Å². The molecule has 0 saturated carbocycles. The Labute approximate surface area is 182 Å². The monoisotopic (exact) mass is 410 g/mol. The molecule has 0 spiro atoms. The summed E-state index contributed by atoms with van der Waals surface area (Å²) >= 11 is 0. The molecule has 0 heterocycles. The number of unbranched alkanes of at least 4 members (excludes halogenated alkanes) is 6. The number of aliphatic hydroxyl groups excluding tert-OH is 1. The Hall–Kier alpha value is -2.00. The molecule has 0 fully saturated rings. The lowest BCUT2D eigenvalue weighted by molar-refractivity contribution is 0.282.